The first-order chi connectivity index (χ1) is 21.3. The Morgan fingerprint density at radius 1 is 0.386 bits per heavy atom. The van der Waals surface area contributed by atoms with Crippen LogP contribution in [0.2, 0.25) is 0 Å². The summed E-state index contributed by atoms with van der Waals surface area (Å²) < 4.78 is 54.8. The molecular formula is C30H12F4N4S6. The molecule has 4 nitrogen and oxygen atoms in total. The van der Waals surface area contributed by atoms with Gasteiger partial charge in [-0.3, -0.25) is 0 Å². The van der Waals surface area contributed by atoms with Crippen LogP contribution in [0.15, 0.2) is 73.1 Å². The number of thiophene rings is 2. The Hall–Kier alpha value is -3.66. The second kappa shape index (κ2) is 11.1. The lowest BCUT2D eigenvalue weighted by molar-refractivity contribution is 0.583. The standard InChI is InChI=1S/C30H12F4N4S6/c31-15-5-13(6-16(32)9-15)19-1-3-21(39-19)23-11-35-25(41-23)27-37-29-30(43-27)38-28(44-29)26-36-12-24(42-26)22-4-2-20(40-22)14-7-17(33)10-18(34)8-14/h1-12H. The molecule has 216 valence electrons. The van der Waals surface area contributed by atoms with Crippen LogP contribution in [0.4, 0.5) is 17.6 Å². The summed E-state index contributed by atoms with van der Waals surface area (Å²) >= 11 is 8.82. The van der Waals surface area contributed by atoms with Crippen LogP contribution in [-0.2, 0) is 0 Å². The van der Waals surface area contributed by atoms with Gasteiger partial charge in [0.25, 0.3) is 0 Å². The van der Waals surface area contributed by atoms with Crippen LogP contribution in [0.3, 0.4) is 0 Å². The van der Waals surface area contributed by atoms with Crippen molar-refractivity contribution in [2.45, 2.75) is 0 Å². The lowest BCUT2D eigenvalue weighted by Crippen LogP contribution is -1.81. The van der Waals surface area contributed by atoms with E-state index < -0.39 is 23.3 Å². The van der Waals surface area contributed by atoms with Crippen molar-refractivity contribution in [2.24, 2.45) is 0 Å². The zero-order valence-corrected chi connectivity index (χ0v) is 26.6. The van der Waals surface area contributed by atoms with E-state index in [4.69, 9.17) is 9.97 Å². The minimum absolute atomic E-state index is 0.499. The quantitative estimate of drug-likeness (QED) is 0.162. The molecule has 0 radical (unpaired) electrons. The largest absolute Gasteiger partial charge is 0.241 e. The van der Waals surface area contributed by atoms with Gasteiger partial charge in [-0.15, -0.1) is 45.3 Å². The molecule has 0 aliphatic rings. The van der Waals surface area contributed by atoms with Gasteiger partial charge in [0.2, 0.25) is 0 Å². The average Bonchev–Trinajstić information content (AvgIpc) is 3.81. The normalized spacial score (nSPS) is 11.6. The summed E-state index contributed by atoms with van der Waals surface area (Å²) in [6, 6.07) is 14.6. The van der Waals surface area contributed by atoms with Crippen LogP contribution in [0, 0.1) is 23.3 Å². The third-order valence-electron chi connectivity index (χ3n) is 6.34. The Labute approximate surface area is 270 Å². The Morgan fingerprint density at radius 2 is 0.773 bits per heavy atom. The number of fused-ring (bicyclic) bond motifs is 1. The summed E-state index contributed by atoms with van der Waals surface area (Å²) in [6.45, 7) is 0. The van der Waals surface area contributed by atoms with Crippen LogP contribution in [0.1, 0.15) is 0 Å². The molecule has 0 unspecified atom stereocenters. The van der Waals surface area contributed by atoms with E-state index in [-0.39, 0.29) is 0 Å². The number of hydrogen-bond donors (Lipinski definition) is 0. The van der Waals surface area contributed by atoms with E-state index in [1.165, 1.54) is 92.3 Å². The summed E-state index contributed by atoms with van der Waals surface area (Å²) in [7, 11) is 0. The summed E-state index contributed by atoms with van der Waals surface area (Å²) in [4.78, 5) is 25.6. The van der Waals surface area contributed by atoms with Gasteiger partial charge in [0, 0.05) is 44.0 Å². The maximum absolute atomic E-state index is 13.7. The summed E-state index contributed by atoms with van der Waals surface area (Å²) in [6.07, 6.45) is 3.57. The molecule has 8 rings (SSSR count). The molecule has 0 amide bonds. The van der Waals surface area contributed by atoms with Crippen LogP contribution < -0.4 is 0 Å². The maximum atomic E-state index is 13.7. The van der Waals surface area contributed by atoms with Crippen molar-refractivity contribution < 1.29 is 17.6 Å². The molecule has 6 heterocycles. The third kappa shape index (κ3) is 5.31. The molecule has 0 N–H and O–H groups in total. The molecule has 0 bridgehead atoms. The highest BCUT2D eigenvalue weighted by atomic mass is 32.1. The second-order valence-electron chi connectivity index (χ2n) is 9.35. The number of hydrogen-bond acceptors (Lipinski definition) is 10. The summed E-state index contributed by atoms with van der Waals surface area (Å²) in [5.74, 6) is -2.43. The molecular weight excluding hydrogens is 685 g/mol. The molecule has 6 aromatic heterocycles. The molecule has 44 heavy (non-hydrogen) atoms. The van der Waals surface area contributed by atoms with E-state index >= 15 is 0 Å². The molecule has 14 heteroatoms. The van der Waals surface area contributed by atoms with Crippen LogP contribution in [0.5, 0.6) is 0 Å². The highest BCUT2D eigenvalue weighted by Crippen LogP contribution is 2.44. The van der Waals surface area contributed by atoms with Gasteiger partial charge in [-0.05, 0) is 59.7 Å². The van der Waals surface area contributed by atoms with E-state index in [1.54, 1.807) is 12.4 Å². The van der Waals surface area contributed by atoms with E-state index in [0.29, 0.717) is 11.1 Å². The van der Waals surface area contributed by atoms with Crippen LogP contribution in [0.25, 0.3) is 70.1 Å². The van der Waals surface area contributed by atoms with Crippen molar-refractivity contribution in [3.05, 3.63) is 96.3 Å². The second-order valence-corrected chi connectivity index (χ2v) is 15.5. The van der Waals surface area contributed by atoms with E-state index in [1.807, 2.05) is 24.3 Å². The lowest BCUT2D eigenvalue weighted by Gasteiger charge is -1.98. The van der Waals surface area contributed by atoms with Crippen molar-refractivity contribution in [1.82, 2.24) is 19.9 Å². The fourth-order valence-corrected chi connectivity index (χ4v) is 10.5. The van der Waals surface area contributed by atoms with Gasteiger partial charge in [-0.2, -0.15) is 0 Å². The van der Waals surface area contributed by atoms with Crippen molar-refractivity contribution in [3.8, 4) is 60.4 Å². The molecule has 2 aromatic carbocycles. The molecule has 0 saturated heterocycles. The number of nitrogens with zero attached hydrogens (tertiary/aromatic N) is 4. The van der Waals surface area contributed by atoms with E-state index in [2.05, 4.69) is 9.97 Å². The van der Waals surface area contributed by atoms with E-state index in [0.717, 1.165) is 71.1 Å². The van der Waals surface area contributed by atoms with Gasteiger partial charge >= 0.3 is 0 Å². The molecule has 8 aromatic rings. The fourth-order valence-electron chi connectivity index (χ4n) is 4.44. The number of rotatable bonds is 6. The number of thiazole rings is 4. The zero-order valence-electron chi connectivity index (χ0n) is 21.7. The smallest absolute Gasteiger partial charge is 0.156 e. The number of halogens is 4. The average molecular weight is 697 g/mol. The molecule has 0 atom stereocenters. The Morgan fingerprint density at radius 3 is 1.18 bits per heavy atom. The van der Waals surface area contributed by atoms with Crippen molar-refractivity contribution >= 4 is 77.7 Å². The highest BCUT2D eigenvalue weighted by Gasteiger charge is 2.19. The molecule has 0 aliphatic heterocycles. The predicted molar refractivity (Wildman–Crippen MR) is 175 cm³/mol. The van der Waals surface area contributed by atoms with Gasteiger partial charge in [0.05, 0.1) is 9.75 Å². The van der Waals surface area contributed by atoms with Crippen molar-refractivity contribution in [2.75, 3.05) is 0 Å². The summed E-state index contributed by atoms with van der Waals surface area (Å²) in [5, 5.41) is 3.08. The molecule has 0 spiro atoms. The molecule has 0 saturated carbocycles. The number of aromatic nitrogens is 4. The first-order valence-electron chi connectivity index (χ1n) is 12.7. The minimum Gasteiger partial charge on any atom is -0.241 e. The first-order valence-corrected chi connectivity index (χ1v) is 17.6. The zero-order chi connectivity index (χ0) is 29.9. The monoisotopic (exact) mass is 696 g/mol. The van der Waals surface area contributed by atoms with Crippen LogP contribution >= 0.6 is 68.0 Å². The topological polar surface area (TPSA) is 51.6 Å². The third-order valence-corrected chi connectivity index (χ3v) is 13.3. The molecule has 0 aliphatic carbocycles. The highest BCUT2D eigenvalue weighted by molar-refractivity contribution is 7.33. The fraction of sp³-hybridized carbons (Fsp3) is 0. The lowest BCUT2D eigenvalue weighted by atomic mass is 10.2. The predicted octanol–water partition coefficient (Wildman–Crippen LogP) is 11.3. The van der Waals surface area contributed by atoms with Crippen molar-refractivity contribution in [3.63, 3.8) is 0 Å². The Bertz CT molecular complexity index is 2090. The van der Waals surface area contributed by atoms with Gasteiger partial charge in [-0.25, -0.2) is 37.5 Å². The SMILES string of the molecule is Fc1cc(F)cc(-c2ccc(-c3cnc(-c4nc5sc(-c6ncc(-c7ccc(-c8cc(F)cc(F)c8)s7)s6)nc5s4)s3)s2)c1. The van der Waals surface area contributed by atoms with Crippen molar-refractivity contribution in [1.29, 1.82) is 0 Å². The summed E-state index contributed by atoms with van der Waals surface area (Å²) in [5.41, 5.74) is 0.997. The minimum atomic E-state index is -0.608. The van der Waals surface area contributed by atoms with Gasteiger partial charge in [-0.1, -0.05) is 22.7 Å². The number of benzene rings is 2. The Kier molecular flexibility index (Phi) is 7.00. The van der Waals surface area contributed by atoms with Gasteiger partial charge in [0.15, 0.2) is 29.7 Å². The maximum Gasteiger partial charge on any atom is 0.156 e. The van der Waals surface area contributed by atoms with Gasteiger partial charge in [0.1, 0.15) is 23.3 Å². The molecule has 0 fully saturated rings. The van der Waals surface area contributed by atoms with Gasteiger partial charge < -0.3 is 0 Å². The van der Waals surface area contributed by atoms with Crippen LogP contribution in [-0.4, -0.2) is 19.9 Å². The first kappa shape index (κ1) is 27.9. The van der Waals surface area contributed by atoms with E-state index in [9.17, 15) is 17.6 Å². The Balaban J connectivity index is 1.01.